The molecule has 2 aliphatic rings. The van der Waals surface area contributed by atoms with Crippen molar-refractivity contribution in [2.75, 3.05) is 33.0 Å². The van der Waals surface area contributed by atoms with Crippen LogP contribution in [0.5, 0.6) is 11.5 Å². The van der Waals surface area contributed by atoms with Gasteiger partial charge in [0.15, 0.2) is 11.5 Å². The second-order valence-corrected chi connectivity index (χ2v) is 5.79. The van der Waals surface area contributed by atoms with Gasteiger partial charge in [0.05, 0.1) is 4.47 Å². The van der Waals surface area contributed by atoms with E-state index in [1.807, 2.05) is 0 Å². The van der Waals surface area contributed by atoms with Gasteiger partial charge in [-0.05, 0) is 34.0 Å². The fourth-order valence-corrected chi connectivity index (χ4v) is 3.34. The Hall–Kier alpha value is -0.780. The standard InChI is InChI=1S/C14H19BrN2O2/c1-2-11-10(8-17-5-3-16-4-6-17)7-12(15)14-13(11)18-9-19-14/h7,16H,2-6,8-9H2,1H3. The summed E-state index contributed by atoms with van der Waals surface area (Å²) in [7, 11) is 0. The van der Waals surface area contributed by atoms with Gasteiger partial charge in [0.2, 0.25) is 6.79 Å². The van der Waals surface area contributed by atoms with Gasteiger partial charge in [0, 0.05) is 38.3 Å². The number of nitrogens with one attached hydrogen (secondary N) is 1. The second-order valence-electron chi connectivity index (χ2n) is 4.94. The molecule has 3 rings (SSSR count). The Morgan fingerprint density at radius 3 is 2.74 bits per heavy atom. The Kier molecular flexibility index (Phi) is 3.96. The monoisotopic (exact) mass is 326 g/mol. The van der Waals surface area contributed by atoms with Gasteiger partial charge in [-0.25, -0.2) is 0 Å². The molecule has 2 heterocycles. The lowest BCUT2D eigenvalue weighted by Gasteiger charge is -2.28. The van der Waals surface area contributed by atoms with Crippen LogP contribution in [0, 0.1) is 0 Å². The Balaban J connectivity index is 1.89. The normalized spacial score (nSPS) is 18.8. The molecule has 0 atom stereocenters. The van der Waals surface area contributed by atoms with Crippen molar-refractivity contribution in [2.24, 2.45) is 0 Å². The third-order valence-electron chi connectivity index (χ3n) is 3.75. The van der Waals surface area contributed by atoms with Crippen LogP contribution in [0.3, 0.4) is 0 Å². The van der Waals surface area contributed by atoms with E-state index in [9.17, 15) is 0 Å². The minimum absolute atomic E-state index is 0.331. The van der Waals surface area contributed by atoms with Gasteiger partial charge in [-0.3, -0.25) is 4.90 Å². The molecule has 5 heteroatoms. The third kappa shape index (κ3) is 2.59. The predicted octanol–water partition coefficient (Wildman–Crippen LogP) is 2.15. The van der Waals surface area contributed by atoms with Crippen LogP contribution in [0.2, 0.25) is 0 Å². The minimum atomic E-state index is 0.331. The fraction of sp³-hybridized carbons (Fsp3) is 0.571. The summed E-state index contributed by atoms with van der Waals surface area (Å²) in [6, 6.07) is 2.19. The van der Waals surface area contributed by atoms with Crippen molar-refractivity contribution in [3.05, 3.63) is 21.7 Å². The summed E-state index contributed by atoms with van der Waals surface area (Å²) < 4.78 is 12.2. The Morgan fingerprint density at radius 2 is 2.00 bits per heavy atom. The maximum absolute atomic E-state index is 5.65. The molecule has 104 valence electrons. The van der Waals surface area contributed by atoms with Crippen molar-refractivity contribution in [1.82, 2.24) is 10.2 Å². The van der Waals surface area contributed by atoms with Crippen molar-refractivity contribution in [3.8, 4) is 11.5 Å². The van der Waals surface area contributed by atoms with Gasteiger partial charge < -0.3 is 14.8 Å². The minimum Gasteiger partial charge on any atom is -0.453 e. The SMILES string of the molecule is CCc1c(CN2CCNCC2)cc(Br)c2c1OCO2. The lowest BCUT2D eigenvalue weighted by molar-refractivity contribution is 0.172. The van der Waals surface area contributed by atoms with Gasteiger partial charge in [-0.1, -0.05) is 6.92 Å². The summed E-state index contributed by atoms with van der Waals surface area (Å²) in [5.41, 5.74) is 2.63. The summed E-state index contributed by atoms with van der Waals surface area (Å²) >= 11 is 3.59. The molecule has 0 unspecified atom stereocenters. The molecule has 1 aromatic rings. The number of hydrogen-bond acceptors (Lipinski definition) is 4. The molecule has 0 saturated carbocycles. The van der Waals surface area contributed by atoms with E-state index in [1.54, 1.807) is 0 Å². The molecular formula is C14H19BrN2O2. The van der Waals surface area contributed by atoms with Gasteiger partial charge >= 0.3 is 0 Å². The van der Waals surface area contributed by atoms with E-state index in [0.717, 1.165) is 55.1 Å². The molecule has 0 aliphatic carbocycles. The van der Waals surface area contributed by atoms with Gasteiger partial charge in [-0.2, -0.15) is 0 Å². The first-order valence-corrected chi connectivity index (χ1v) is 7.61. The highest BCUT2D eigenvalue weighted by Gasteiger charge is 2.24. The summed E-state index contributed by atoms with van der Waals surface area (Å²) in [6.45, 7) is 7.86. The maximum atomic E-state index is 5.65. The highest BCUT2D eigenvalue weighted by atomic mass is 79.9. The summed E-state index contributed by atoms with van der Waals surface area (Å²) in [6.07, 6.45) is 0.973. The van der Waals surface area contributed by atoms with Gasteiger partial charge in [0.1, 0.15) is 0 Å². The van der Waals surface area contributed by atoms with E-state index < -0.39 is 0 Å². The molecule has 0 amide bonds. The van der Waals surface area contributed by atoms with Crippen molar-refractivity contribution in [2.45, 2.75) is 19.9 Å². The fourth-order valence-electron chi connectivity index (χ4n) is 2.77. The topological polar surface area (TPSA) is 33.7 Å². The molecule has 0 spiro atoms. The molecule has 1 aromatic carbocycles. The number of hydrogen-bond donors (Lipinski definition) is 1. The molecule has 2 aliphatic heterocycles. The Bertz CT molecular complexity index is 473. The van der Waals surface area contributed by atoms with Gasteiger partial charge in [-0.15, -0.1) is 0 Å². The van der Waals surface area contributed by atoms with Gasteiger partial charge in [0.25, 0.3) is 0 Å². The first-order chi connectivity index (χ1) is 9.29. The summed E-state index contributed by atoms with van der Waals surface area (Å²) in [5, 5.41) is 3.39. The molecule has 1 fully saturated rings. The lowest BCUT2D eigenvalue weighted by atomic mass is 10.0. The number of benzene rings is 1. The molecule has 0 aromatic heterocycles. The highest BCUT2D eigenvalue weighted by molar-refractivity contribution is 9.10. The Labute approximate surface area is 122 Å². The molecule has 1 N–H and O–H groups in total. The van der Waals surface area contributed by atoms with Crippen molar-refractivity contribution >= 4 is 15.9 Å². The Morgan fingerprint density at radius 1 is 1.26 bits per heavy atom. The van der Waals surface area contributed by atoms with Crippen LogP contribution in [0.4, 0.5) is 0 Å². The average molecular weight is 327 g/mol. The number of piperazine rings is 1. The van der Waals surface area contributed by atoms with E-state index in [0.29, 0.717) is 6.79 Å². The third-order valence-corrected chi connectivity index (χ3v) is 4.34. The summed E-state index contributed by atoms with van der Waals surface area (Å²) in [4.78, 5) is 2.49. The van der Waals surface area contributed by atoms with E-state index in [1.165, 1.54) is 11.1 Å². The zero-order chi connectivity index (χ0) is 13.2. The molecule has 0 radical (unpaired) electrons. The zero-order valence-electron chi connectivity index (χ0n) is 11.2. The summed E-state index contributed by atoms with van der Waals surface area (Å²) in [5.74, 6) is 1.79. The van der Waals surface area contributed by atoms with E-state index in [2.05, 4.69) is 39.1 Å². The molecule has 1 saturated heterocycles. The smallest absolute Gasteiger partial charge is 0.231 e. The predicted molar refractivity (Wildman–Crippen MR) is 77.8 cm³/mol. The molecular weight excluding hydrogens is 308 g/mol. The number of halogens is 1. The number of rotatable bonds is 3. The largest absolute Gasteiger partial charge is 0.453 e. The van der Waals surface area contributed by atoms with Crippen LogP contribution >= 0.6 is 15.9 Å². The van der Waals surface area contributed by atoms with Crippen molar-refractivity contribution < 1.29 is 9.47 Å². The first kappa shape index (κ1) is 13.2. The van der Waals surface area contributed by atoms with Crippen LogP contribution in [-0.2, 0) is 13.0 Å². The van der Waals surface area contributed by atoms with E-state index in [-0.39, 0.29) is 0 Å². The molecule has 0 bridgehead atoms. The van der Waals surface area contributed by atoms with Crippen LogP contribution in [0.25, 0.3) is 0 Å². The first-order valence-electron chi connectivity index (χ1n) is 6.82. The quantitative estimate of drug-likeness (QED) is 0.922. The van der Waals surface area contributed by atoms with Crippen LogP contribution in [0.1, 0.15) is 18.1 Å². The van der Waals surface area contributed by atoms with Crippen molar-refractivity contribution in [3.63, 3.8) is 0 Å². The van der Waals surface area contributed by atoms with Crippen LogP contribution < -0.4 is 14.8 Å². The number of ether oxygens (including phenoxy) is 2. The number of nitrogens with zero attached hydrogens (tertiary/aromatic N) is 1. The zero-order valence-corrected chi connectivity index (χ0v) is 12.8. The van der Waals surface area contributed by atoms with Crippen molar-refractivity contribution in [1.29, 1.82) is 0 Å². The van der Waals surface area contributed by atoms with Crippen LogP contribution in [-0.4, -0.2) is 37.9 Å². The van der Waals surface area contributed by atoms with Crippen LogP contribution in [0.15, 0.2) is 10.5 Å². The van der Waals surface area contributed by atoms with E-state index in [4.69, 9.17) is 9.47 Å². The second kappa shape index (κ2) is 5.69. The molecule has 4 nitrogen and oxygen atoms in total. The average Bonchev–Trinajstić information content (AvgIpc) is 2.90. The highest BCUT2D eigenvalue weighted by Crippen LogP contribution is 2.44. The molecule has 19 heavy (non-hydrogen) atoms. The lowest BCUT2D eigenvalue weighted by Crippen LogP contribution is -2.43. The van der Waals surface area contributed by atoms with E-state index >= 15 is 0 Å². The number of fused-ring (bicyclic) bond motifs is 1. The maximum Gasteiger partial charge on any atom is 0.231 e.